The van der Waals surface area contributed by atoms with Gasteiger partial charge in [0.2, 0.25) is 0 Å². The maximum Gasteiger partial charge on any atom is 0.335 e. The normalized spacial score (nSPS) is 43.3. The van der Waals surface area contributed by atoms with Gasteiger partial charge in [-0.25, -0.2) is 4.79 Å². The number of fused-ring (bicyclic) bond motifs is 2. The number of aliphatic hydroxyl groups is 4. The van der Waals surface area contributed by atoms with Gasteiger partial charge in [0.1, 0.15) is 17.5 Å². The van der Waals surface area contributed by atoms with E-state index in [4.69, 9.17) is 25.7 Å². The van der Waals surface area contributed by atoms with Gasteiger partial charge in [0.05, 0.1) is 55.4 Å². The van der Waals surface area contributed by atoms with Gasteiger partial charge in [0.25, 0.3) is 0 Å². The van der Waals surface area contributed by atoms with E-state index < -0.39 is 65.9 Å². The molecule has 0 aromatic heterocycles. The lowest BCUT2D eigenvalue weighted by atomic mass is 9.53. The van der Waals surface area contributed by atoms with Crippen molar-refractivity contribution in [2.75, 3.05) is 39.4 Å². The third-order valence-electron chi connectivity index (χ3n) is 14.8. The SMILES string of the molecule is CC=C(CNCC)C(=O)O[C@H]1CC2C(O)C3C(=O)CC(CO)OC3C(C(C3CCNC(N)C3)[C@H](CO)C3CCCC(O)C3)C2O[C@@]1(C)CCC1CCC(N)NC1. The molecule has 2 saturated carbocycles. The molecule has 4 saturated heterocycles. The third kappa shape index (κ3) is 9.73. The van der Waals surface area contributed by atoms with Crippen LogP contribution >= 0.6 is 0 Å². The number of aliphatic hydroxyl groups excluding tert-OH is 4. The summed E-state index contributed by atoms with van der Waals surface area (Å²) in [5, 5.41) is 55.1. The minimum Gasteiger partial charge on any atom is -0.456 e. The number of carbonyl (C=O) groups is 2. The lowest BCUT2D eigenvalue weighted by Gasteiger charge is -2.61. The molecule has 4 heterocycles. The van der Waals surface area contributed by atoms with Crippen LogP contribution < -0.4 is 27.4 Å². The Bertz CT molecular complexity index is 1330. The van der Waals surface area contributed by atoms with Crippen molar-refractivity contribution < 1.29 is 44.2 Å². The number of hydrogen-bond donors (Lipinski definition) is 9. The van der Waals surface area contributed by atoms with Crippen molar-refractivity contribution >= 4 is 11.8 Å². The maximum atomic E-state index is 14.2. The molecular formula is C42H73N5O9. The first-order chi connectivity index (χ1) is 26.9. The molecule has 6 fully saturated rings. The molecule has 14 unspecified atom stereocenters. The van der Waals surface area contributed by atoms with Crippen LogP contribution in [0.5, 0.6) is 0 Å². The highest BCUT2D eigenvalue weighted by Crippen LogP contribution is 2.56. The van der Waals surface area contributed by atoms with E-state index in [0.29, 0.717) is 56.8 Å². The van der Waals surface area contributed by atoms with Crippen molar-refractivity contribution in [2.24, 2.45) is 58.8 Å². The molecule has 0 spiro atoms. The monoisotopic (exact) mass is 792 g/mol. The highest BCUT2D eigenvalue weighted by atomic mass is 16.6. The van der Waals surface area contributed by atoms with Crippen molar-refractivity contribution in [3.05, 3.63) is 11.6 Å². The predicted molar refractivity (Wildman–Crippen MR) is 211 cm³/mol. The Kier molecular flexibility index (Phi) is 15.5. The van der Waals surface area contributed by atoms with Gasteiger partial charge < -0.3 is 62.1 Å². The topological polar surface area (TPSA) is 231 Å². The lowest BCUT2D eigenvalue weighted by Crippen LogP contribution is -2.70. The first kappa shape index (κ1) is 44.0. The summed E-state index contributed by atoms with van der Waals surface area (Å²) in [6.45, 7) is 7.92. The summed E-state index contributed by atoms with van der Waals surface area (Å²) in [6, 6.07) is 0. The van der Waals surface area contributed by atoms with E-state index in [2.05, 4.69) is 16.0 Å². The number of nitrogens with one attached hydrogen (secondary N) is 3. The van der Waals surface area contributed by atoms with Crippen LogP contribution in [0.1, 0.15) is 97.8 Å². The molecule has 0 aromatic carbocycles. The Morgan fingerprint density at radius 1 is 1.05 bits per heavy atom. The number of hydrogen-bond acceptors (Lipinski definition) is 14. The van der Waals surface area contributed by atoms with E-state index in [1.165, 1.54) is 0 Å². The Labute approximate surface area is 333 Å². The van der Waals surface area contributed by atoms with E-state index in [-0.39, 0.29) is 61.4 Å². The van der Waals surface area contributed by atoms with E-state index in [1.807, 2.05) is 20.8 Å². The maximum absolute atomic E-state index is 14.2. The second-order valence-electron chi connectivity index (χ2n) is 18.3. The van der Waals surface area contributed by atoms with Gasteiger partial charge in [-0.15, -0.1) is 0 Å². The van der Waals surface area contributed by atoms with Crippen LogP contribution in [-0.2, 0) is 23.8 Å². The number of piperidine rings is 2. The summed E-state index contributed by atoms with van der Waals surface area (Å²) < 4.78 is 20.7. The van der Waals surface area contributed by atoms with E-state index >= 15 is 0 Å². The van der Waals surface area contributed by atoms with E-state index in [0.717, 1.165) is 51.5 Å². The Morgan fingerprint density at radius 2 is 1.86 bits per heavy atom. The number of carbonyl (C=O) groups excluding carboxylic acids is 2. The van der Waals surface area contributed by atoms with Crippen LogP contribution in [0.4, 0.5) is 0 Å². The lowest BCUT2D eigenvalue weighted by molar-refractivity contribution is -0.296. The van der Waals surface area contributed by atoms with Gasteiger partial charge in [0, 0.05) is 37.0 Å². The standard InChI is InChI=1S/C42H73N5O9/c1-4-24(20-45-5-2)41(53)55-32-18-29-38(52)36-31(51)17-28(21-48)54-40(36)37(39(29)56-42(32,3)13-11-23-9-10-33(43)47-19-23)35(26-12-14-46-34(44)16-26)30(22-49)25-7-6-8-27(50)15-25/h4,23,25-30,32-40,45-50,52H,5-22,43-44H2,1-3H3/t23?,25?,26?,27?,28?,29?,30-,32+,33?,34?,35?,36?,37?,38?,39?,40?,42+/m1/s1. The van der Waals surface area contributed by atoms with Gasteiger partial charge in [-0.1, -0.05) is 19.4 Å². The van der Waals surface area contributed by atoms with Crippen LogP contribution in [0.3, 0.4) is 0 Å². The molecule has 0 amide bonds. The van der Waals surface area contributed by atoms with E-state index in [1.54, 1.807) is 6.08 Å². The molecule has 2 aliphatic carbocycles. The van der Waals surface area contributed by atoms with Crippen LogP contribution in [-0.4, -0.2) is 126 Å². The van der Waals surface area contributed by atoms with Gasteiger partial charge in [-0.05, 0) is 127 Å². The highest BCUT2D eigenvalue weighted by Gasteiger charge is 2.64. The Balaban J connectivity index is 1.43. The fraction of sp³-hybridized carbons (Fsp3) is 0.905. The fourth-order valence-electron chi connectivity index (χ4n) is 11.7. The zero-order valence-corrected chi connectivity index (χ0v) is 34.0. The van der Waals surface area contributed by atoms with Gasteiger partial charge >= 0.3 is 5.97 Å². The molecule has 17 atom stereocenters. The summed E-state index contributed by atoms with van der Waals surface area (Å²) in [5.41, 5.74) is 12.3. The number of rotatable bonds is 14. The minimum atomic E-state index is -1.13. The molecule has 56 heavy (non-hydrogen) atoms. The summed E-state index contributed by atoms with van der Waals surface area (Å²) >= 11 is 0. The summed E-state index contributed by atoms with van der Waals surface area (Å²) in [5.74, 6) is -2.56. The number of ketones is 1. The van der Waals surface area contributed by atoms with Crippen LogP contribution in [0.25, 0.3) is 0 Å². The first-order valence-corrected chi connectivity index (χ1v) is 21.9. The molecular weight excluding hydrogens is 718 g/mol. The molecule has 0 bridgehead atoms. The Morgan fingerprint density at radius 3 is 2.52 bits per heavy atom. The first-order valence-electron chi connectivity index (χ1n) is 21.9. The minimum absolute atomic E-state index is 0.00881. The molecule has 14 heteroatoms. The number of likely N-dealkylation sites (N-methyl/N-ethyl adjacent to an activating group) is 1. The average molecular weight is 792 g/mol. The predicted octanol–water partition coefficient (Wildman–Crippen LogP) is 1.07. The highest BCUT2D eigenvalue weighted by molar-refractivity contribution is 5.89. The number of nitrogens with two attached hydrogens (primary N) is 2. The molecule has 6 aliphatic rings. The zero-order chi connectivity index (χ0) is 40.1. The quantitative estimate of drug-likeness (QED) is 0.0886. The van der Waals surface area contributed by atoms with Crippen molar-refractivity contribution in [1.82, 2.24) is 16.0 Å². The van der Waals surface area contributed by atoms with Gasteiger partial charge in [0.15, 0.2) is 0 Å². The van der Waals surface area contributed by atoms with Crippen molar-refractivity contribution in [3.63, 3.8) is 0 Å². The second-order valence-corrected chi connectivity index (χ2v) is 18.3. The second kappa shape index (κ2) is 19.7. The molecule has 6 rings (SSSR count). The smallest absolute Gasteiger partial charge is 0.335 e. The molecule has 0 aromatic rings. The average Bonchev–Trinajstić information content (AvgIpc) is 3.18. The van der Waals surface area contributed by atoms with E-state index in [9.17, 15) is 30.0 Å². The molecule has 0 radical (unpaired) electrons. The van der Waals surface area contributed by atoms with Crippen molar-refractivity contribution in [1.29, 1.82) is 0 Å². The molecule has 4 aliphatic heterocycles. The van der Waals surface area contributed by atoms with Crippen molar-refractivity contribution in [2.45, 2.75) is 152 Å². The molecule has 14 nitrogen and oxygen atoms in total. The summed E-state index contributed by atoms with van der Waals surface area (Å²) in [7, 11) is 0. The number of Topliss-reactive ketones (excluding diaryl/α,β-unsaturated/α-hetero) is 1. The Hall–Kier alpha value is -1.56. The number of esters is 1. The van der Waals surface area contributed by atoms with Crippen molar-refractivity contribution in [3.8, 4) is 0 Å². The van der Waals surface area contributed by atoms with Gasteiger partial charge in [-0.3, -0.25) is 4.79 Å². The largest absolute Gasteiger partial charge is 0.456 e. The van der Waals surface area contributed by atoms with Crippen LogP contribution in [0, 0.1) is 47.3 Å². The molecule has 320 valence electrons. The number of ether oxygens (including phenoxy) is 3. The summed E-state index contributed by atoms with van der Waals surface area (Å²) in [6.07, 6.45) is 5.05. The molecule has 11 N–H and O–H groups in total. The summed E-state index contributed by atoms with van der Waals surface area (Å²) in [4.78, 5) is 28.0. The van der Waals surface area contributed by atoms with Crippen LogP contribution in [0.2, 0.25) is 0 Å². The fourth-order valence-corrected chi connectivity index (χ4v) is 11.7. The zero-order valence-electron chi connectivity index (χ0n) is 34.0. The number of allylic oxidation sites excluding steroid dienone is 1. The van der Waals surface area contributed by atoms with Crippen LogP contribution in [0.15, 0.2) is 11.6 Å². The third-order valence-corrected chi connectivity index (χ3v) is 14.8. The van der Waals surface area contributed by atoms with Gasteiger partial charge in [-0.2, -0.15) is 0 Å².